The molecule has 4 aromatic rings. The average molecular weight is 638 g/mol. The molecule has 0 saturated heterocycles. The van der Waals surface area contributed by atoms with Crippen molar-refractivity contribution in [2.45, 2.75) is 24.2 Å². The molecular weight excluding hydrogens is 611 g/mol. The zero-order valence-electron chi connectivity index (χ0n) is 22.3. The van der Waals surface area contributed by atoms with Gasteiger partial charge in [-0.2, -0.15) is 5.10 Å². The zero-order chi connectivity index (χ0) is 28.9. The molecule has 1 aromatic heterocycles. The van der Waals surface area contributed by atoms with Gasteiger partial charge in [0.1, 0.15) is 11.6 Å². The number of hydrogen-bond acceptors (Lipinski definition) is 7. The van der Waals surface area contributed by atoms with Crippen LogP contribution in [-0.4, -0.2) is 50.2 Å². The lowest BCUT2D eigenvalue weighted by atomic mass is 9.98. The zero-order valence-corrected chi connectivity index (χ0v) is 24.7. The molecule has 3 aromatic carbocycles. The van der Waals surface area contributed by atoms with Crippen LogP contribution in [0.1, 0.15) is 39.8 Å². The Bertz CT molecular complexity index is 1580. The number of halogens is 2. The molecule has 210 valence electrons. The number of carbonyl (C=O) groups is 2. The fourth-order valence-corrected chi connectivity index (χ4v) is 5.37. The van der Waals surface area contributed by atoms with Crippen molar-refractivity contribution in [2.24, 2.45) is 12.1 Å². The van der Waals surface area contributed by atoms with Crippen LogP contribution in [-0.2, 0) is 18.4 Å². The number of hydrogen-bond donors (Lipinski definition) is 1. The second-order valence-corrected chi connectivity index (χ2v) is 11.1. The number of aromatic nitrogens is 3. The van der Waals surface area contributed by atoms with Gasteiger partial charge in [0.25, 0.3) is 11.8 Å². The molecule has 1 aliphatic heterocycles. The maximum atomic E-state index is 13.6. The van der Waals surface area contributed by atoms with Crippen molar-refractivity contribution in [3.05, 3.63) is 106 Å². The average Bonchev–Trinajstić information content (AvgIpc) is 3.59. The Kier molecular flexibility index (Phi) is 8.79. The van der Waals surface area contributed by atoms with Gasteiger partial charge in [0, 0.05) is 23.5 Å². The van der Waals surface area contributed by atoms with Gasteiger partial charge in [0.05, 0.1) is 31.2 Å². The van der Waals surface area contributed by atoms with Gasteiger partial charge < -0.3 is 14.6 Å². The molecule has 5 rings (SSSR count). The standard InChI is InChI=1S/C29H26BrFN6O3S/c1-36-26(16-32-28(39)20-7-13-23(40-2)14-8-20)33-34-29(36)41-17-27(38)37-25(19-5-11-22(31)12-6-19)15-24(35-37)18-3-9-21(30)10-4-18/h3-14,25H,15-17H2,1-2H3,(H,32,39)/t25-/m0/s1. The van der Waals surface area contributed by atoms with Crippen LogP contribution < -0.4 is 10.1 Å². The van der Waals surface area contributed by atoms with Crippen molar-refractivity contribution >= 4 is 45.2 Å². The summed E-state index contributed by atoms with van der Waals surface area (Å²) in [5.41, 5.74) is 2.99. The van der Waals surface area contributed by atoms with E-state index in [1.807, 2.05) is 24.3 Å². The van der Waals surface area contributed by atoms with Crippen LogP contribution in [0.4, 0.5) is 4.39 Å². The van der Waals surface area contributed by atoms with Gasteiger partial charge >= 0.3 is 0 Å². The highest BCUT2D eigenvalue weighted by Crippen LogP contribution is 2.34. The highest BCUT2D eigenvalue weighted by Gasteiger charge is 2.33. The van der Waals surface area contributed by atoms with Gasteiger partial charge in [-0.1, -0.05) is 52.0 Å². The first-order valence-electron chi connectivity index (χ1n) is 12.7. The normalized spacial score (nSPS) is 14.6. The van der Waals surface area contributed by atoms with E-state index in [4.69, 9.17) is 4.74 Å². The van der Waals surface area contributed by atoms with E-state index in [-0.39, 0.29) is 36.0 Å². The number of amides is 2. The maximum absolute atomic E-state index is 13.6. The summed E-state index contributed by atoms with van der Waals surface area (Å²) >= 11 is 4.68. The molecule has 1 atom stereocenters. The van der Waals surface area contributed by atoms with E-state index in [0.717, 1.165) is 21.3 Å². The third-order valence-electron chi connectivity index (χ3n) is 6.61. The second kappa shape index (κ2) is 12.6. The minimum Gasteiger partial charge on any atom is -0.497 e. The van der Waals surface area contributed by atoms with E-state index >= 15 is 0 Å². The number of nitrogens with one attached hydrogen (secondary N) is 1. The number of carbonyl (C=O) groups excluding carboxylic acids is 2. The number of nitrogens with zero attached hydrogens (tertiary/aromatic N) is 5. The Hall–Kier alpha value is -4.03. The van der Waals surface area contributed by atoms with Gasteiger partial charge in [-0.05, 0) is 59.7 Å². The first-order valence-corrected chi connectivity index (χ1v) is 14.4. The van der Waals surface area contributed by atoms with Crippen LogP contribution >= 0.6 is 27.7 Å². The summed E-state index contributed by atoms with van der Waals surface area (Å²) in [7, 11) is 3.35. The van der Waals surface area contributed by atoms with Crippen LogP contribution in [0, 0.1) is 5.82 Å². The van der Waals surface area contributed by atoms with E-state index in [0.29, 0.717) is 28.7 Å². The Morgan fingerprint density at radius 2 is 1.76 bits per heavy atom. The number of rotatable bonds is 9. The molecule has 2 amide bonds. The number of thioether (sulfide) groups is 1. The van der Waals surface area contributed by atoms with Crippen molar-refractivity contribution < 1.29 is 18.7 Å². The smallest absolute Gasteiger partial charge is 0.253 e. The maximum Gasteiger partial charge on any atom is 0.253 e. The highest BCUT2D eigenvalue weighted by molar-refractivity contribution is 9.10. The predicted molar refractivity (Wildman–Crippen MR) is 157 cm³/mol. The van der Waals surface area contributed by atoms with Gasteiger partial charge in [-0.3, -0.25) is 9.59 Å². The fourth-order valence-electron chi connectivity index (χ4n) is 4.32. The molecule has 0 radical (unpaired) electrons. The van der Waals surface area contributed by atoms with Gasteiger partial charge in [0.2, 0.25) is 0 Å². The predicted octanol–water partition coefficient (Wildman–Crippen LogP) is 5.13. The second-order valence-electron chi connectivity index (χ2n) is 9.22. The van der Waals surface area contributed by atoms with Crippen molar-refractivity contribution in [3.8, 4) is 5.75 Å². The SMILES string of the molecule is COc1ccc(C(=O)NCc2nnc(SCC(=O)N3N=C(c4ccc(Br)cc4)C[C@H]3c3ccc(F)cc3)n2C)cc1. The first kappa shape index (κ1) is 28.5. The molecule has 0 bridgehead atoms. The van der Waals surface area contributed by atoms with E-state index in [1.54, 1.807) is 55.1 Å². The van der Waals surface area contributed by atoms with Crippen molar-refractivity contribution in [2.75, 3.05) is 12.9 Å². The highest BCUT2D eigenvalue weighted by atomic mass is 79.9. The Balaban J connectivity index is 1.25. The summed E-state index contributed by atoms with van der Waals surface area (Å²) < 4.78 is 21.4. The number of hydrazone groups is 1. The van der Waals surface area contributed by atoms with Gasteiger partial charge in [0.15, 0.2) is 11.0 Å². The monoisotopic (exact) mass is 636 g/mol. The molecule has 0 spiro atoms. The van der Waals surface area contributed by atoms with Crippen LogP contribution in [0.15, 0.2) is 87.5 Å². The minimum absolute atomic E-state index is 0.0684. The summed E-state index contributed by atoms with van der Waals surface area (Å²) in [5, 5.41) is 17.9. The Morgan fingerprint density at radius 1 is 1.05 bits per heavy atom. The van der Waals surface area contributed by atoms with Crippen molar-refractivity contribution in [1.29, 1.82) is 0 Å². The molecule has 0 fully saturated rings. The quantitative estimate of drug-likeness (QED) is 0.256. The third kappa shape index (κ3) is 6.66. The molecule has 9 nitrogen and oxygen atoms in total. The number of methoxy groups -OCH3 is 1. The fraction of sp³-hybridized carbons (Fsp3) is 0.207. The van der Waals surface area contributed by atoms with Crippen molar-refractivity contribution in [1.82, 2.24) is 25.1 Å². The lowest BCUT2D eigenvalue weighted by Gasteiger charge is -2.22. The molecule has 41 heavy (non-hydrogen) atoms. The summed E-state index contributed by atoms with van der Waals surface area (Å²) in [6.07, 6.45) is 0.506. The van der Waals surface area contributed by atoms with Gasteiger partial charge in [-0.25, -0.2) is 9.40 Å². The molecule has 0 unspecified atom stereocenters. The summed E-state index contributed by atoms with van der Waals surface area (Å²) in [6.45, 7) is 0.169. The Morgan fingerprint density at radius 3 is 2.44 bits per heavy atom. The van der Waals surface area contributed by atoms with Crippen LogP contribution in [0.25, 0.3) is 0 Å². The molecule has 1 N–H and O–H groups in total. The van der Waals surface area contributed by atoms with Crippen LogP contribution in [0.5, 0.6) is 5.75 Å². The lowest BCUT2D eigenvalue weighted by molar-refractivity contribution is -0.130. The summed E-state index contributed by atoms with van der Waals surface area (Å²) in [4.78, 5) is 25.9. The van der Waals surface area contributed by atoms with Crippen molar-refractivity contribution in [3.63, 3.8) is 0 Å². The number of ether oxygens (including phenoxy) is 1. The lowest BCUT2D eigenvalue weighted by Crippen LogP contribution is -2.28. The van der Waals surface area contributed by atoms with Gasteiger partial charge in [-0.15, -0.1) is 10.2 Å². The summed E-state index contributed by atoms with van der Waals surface area (Å²) in [5.74, 6) is 0.475. The largest absolute Gasteiger partial charge is 0.497 e. The molecule has 2 heterocycles. The first-order chi connectivity index (χ1) is 19.8. The topological polar surface area (TPSA) is 102 Å². The van der Waals surface area contributed by atoms with E-state index < -0.39 is 0 Å². The summed E-state index contributed by atoms with van der Waals surface area (Å²) in [6, 6.07) is 20.3. The molecule has 0 aliphatic carbocycles. The molecular formula is C29H26BrFN6O3S. The third-order valence-corrected chi connectivity index (χ3v) is 8.14. The van der Waals surface area contributed by atoms with Crippen LogP contribution in [0.2, 0.25) is 0 Å². The molecule has 1 aliphatic rings. The van der Waals surface area contributed by atoms with E-state index in [1.165, 1.54) is 28.9 Å². The van der Waals surface area contributed by atoms with E-state index in [9.17, 15) is 14.0 Å². The minimum atomic E-state index is -0.356. The van der Waals surface area contributed by atoms with E-state index in [2.05, 4.69) is 36.5 Å². The molecule has 0 saturated carbocycles. The number of benzene rings is 3. The molecule has 12 heteroatoms. The Labute approximate surface area is 248 Å². The van der Waals surface area contributed by atoms with Crippen LogP contribution in [0.3, 0.4) is 0 Å².